The van der Waals surface area contributed by atoms with Gasteiger partial charge in [-0.1, -0.05) is 23.5 Å². The molecular formula is C15H11N5OS2. The molecule has 0 spiro atoms. The molecule has 3 aromatic rings. The van der Waals surface area contributed by atoms with Crippen LogP contribution in [0.5, 0.6) is 5.75 Å². The molecule has 6 nitrogen and oxygen atoms in total. The van der Waals surface area contributed by atoms with Crippen LogP contribution in [0.1, 0.15) is 5.56 Å². The minimum atomic E-state index is 0.520. The summed E-state index contributed by atoms with van der Waals surface area (Å²) in [6.07, 6.45) is 1.65. The van der Waals surface area contributed by atoms with Gasteiger partial charge in [0.05, 0.1) is 18.4 Å². The zero-order valence-corrected chi connectivity index (χ0v) is 13.7. The number of pyridine rings is 1. The van der Waals surface area contributed by atoms with Crippen LogP contribution in [-0.4, -0.2) is 22.3 Å². The van der Waals surface area contributed by atoms with Crippen LogP contribution in [0.15, 0.2) is 52.0 Å². The van der Waals surface area contributed by atoms with E-state index < -0.39 is 0 Å². The lowest BCUT2D eigenvalue weighted by Crippen LogP contribution is -1.93. The summed E-state index contributed by atoms with van der Waals surface area (Å²) < 4.78 is 6.00. The van der Waals surface area contributed by atoms with Gasteiger partial charge in [0, 0.05) is 6.20 Å². The number of para-hydroxylation sites is 2. The number of anilines is 2. The summed E-state index contributed by atoms with van der Waals surface area (Å²) in [5.74, 6) is 0.730. The molecule has 114 valence electrons. The van der Waals surface area contributed by atoms with Crippen molar-refractivity contribution in [2.75, 3.05) is 12.4 Å². The smallest absolute Gasteiger partial charge is 0.211 e. The van der Waals surface area contributed by atoms with E-state index in [1.807, 2.05) is 24.3 Å². The largest absolute Gasteiger partial charge is 0.495 e. The minimum absolute atomic E-state index is 0.520. The van der Waals surface area contributed by atoms with Crippen LogP contribution in [0.25, 0.3) is 0 Å². The number of rotatable bonds is 5. The predicted octanol–water partition coefficient (Wildman–Crippen LogP) is 3.71. The van der Waals surface area contributed by atoms with Gasteiger partial charge in [0.25, 0.3) is 0 Å². The molecule has 23 heavy (non-hydrogen) atoms. The van der Waals surface area contributed by atoms with Crippen molar-refractivity contribution in [3.8, 4) is 11.8 Å². The van der Waals surface area contributed by atoms with Crippen LogP contribution < -0.4 is 10.1 Å². The van der Waals surface area contributed by atoms with E-state index in [-0.39, 0.29) is 0 Å². The first-order valence-corrected chi connectivity index (χ1v) is 8.20. The Kier molecular flexibility index (Phi) is 4.71. The molecule has 8 heteroatoms. The van der Waals surface area contributed by atoms with Gasteiger partial charge in [0.1, 0.15) is 16.8 Å². The molecule has 1 N–H and O–H groups in total. The Labute approximate surface area is 141 Å². The fraction of sp³-hybridized carbons (Fsp3) is 0.0667. The standard InChI is InChI=1S/C15H11N5OS2/c1-21-12-7-3-2-6-11(12)18-14-19-20-15(23-14)22-13-10(9-16)5-4-8-17-13/h2-8H,1H3,(H,18,19). The topological polar surface area (TPSA) is 83.7 Å². The number of hydrogen-bond acceptors (Lipinski definition) is 8. The fourth-order valence-corrected chi connectivity index (χ4v) is 3.52. The van der Waals surface area contributed by atoms with Gasteiger partial charge in [-0.05, 0) is 36.0 Å². The third kappa shape index (κ3) is 3.59. The Hall–Kier alpha value is -2.63. The highest BCUT2D eigenvalue weighted by Gasteiger charge is 2.11. The van der Waals surface area contributed by atoms with Crippen LogP contribution in [0.3, 0.4) is 0 Å². The van der Waals surface area contributed by atoms with Crippen molar-refractivity contribution in [2.24, 2.45) is 0 Å². The van der Waals surface area contributed by atoms with Crippen LogP contribution >= 0.6 is 23.1 Å². The maximum absolute atomic E-state index is 9.09. The van der Waals surface area contributed by atoms with Gasteiger partial charge in [-0.25, -0.2) is 4.98 Å². The van der Waals surface area contributed by atoms with Gasteiger partial charge < -0.3 is 10.1 Å². The lowest BCUT2D eigenvalue weighted by molar-refractivity contribution is 0.417. The molecule has 3 rings (SSSR count). The molecule has 2 aromatic heterocycles. The third-order valence-corrected chi connectivity index (χ3v) is 4.74. The van der Waals surface area contributed by atoms with Crippen LogP contribution in [0, 0.1) is 11.3 Å². The quantitative estimate of drug-likeness (QED) is 0.757. The molecule has 0 saturated heterocycles. The Morgan fingerprint density at radius 3 is 2.91 bits per heavy atom. The van der Waals surface area contributed by atoms with E-state index in [1.165, 1.54) is 23.1 Å². The molecular weight excluding hydrogens is 330 g/mol. The van der Waals surface area contributed by atoms with Crippen molar-refractivity contribution >= 4 is 33.9 Å². The average Bonchev–Trinajstić information content (AvgIpc) is 3.03. The van der Waals surface area contributed by atoms with E-state index >= 15 is 0 Å². The van der Waals surface area contributed by atoms with Crippen LogP contribution in [-0.2, 0) is 0 Å². The Bertz CT molecular complexity index is 859. The van der Waals surface area contributed by atoms with Gasteiger partial charge in [-0.3, -0.25) is 0 Å². The molecule has 0 aliphatic carbocycles. The second kappa shape index (κ2) is 7.09. The first-order chi connectivity index (χ1) is 11.3. The number of methoxy groups -OCH3 is 1. The number of aromatic nitrogens is 3. The molecule has 0 fully saturated rings. The summed E-state index contributed by atoms with van der Waals surface area (Å²) in [4.78, 5) is 4.20. The number of nitrogens with one attached hydrogen (secondary N) is 1. The highest BCUT2D eigenvalue weighted by Crippen LogP contribution is 2.34. The molecule has 0 aliphatic rings. The van der Waals surface area contributed by atoms with E-state index in [9.17, 15) is 0 Å². The van der Waals surface area contributed by atoms with E-state index in [0.717, 1.165) is 11.4 Å². The molecule has 0 saturated carbocycles. The zero-order chi connectivity index (χ0) is 16.1. The average molecular weight is 341 g/mol. The first-order valence-electron chi connectivity index (χ1n) is 6.56. The second-order valence-electron chi connectivity index (χ2n) is 4.27. The predicted molar refractivity (Wildman–Crippen MR) is 89.3 cm³/mol. The SMILES string of the molecule is COc1ccccc1Nc1nnc(Sc2ncccc2C#N)s1. The normalized spacial score (nSPS) is 10.1. The Morgan fingerprint density at radius 2 is 2.09 bits per heavy atom. The minimum Gasteiger partial charge on any atom is -0.495 e. The summed E-state index contributed by atoms with van der Waals surface area (Å²) in [6.45, 7) is 0. The molecule has 2 heterocycles. The third-order valence-electron chi connectivity index (χ3n) is 2.83. The van der Waals surface area contributed by atoms with Crippen molar-refractivity contribution in [1.82, 2.24) is 15.2 Å². The van der Waals surface area contributed by atoms with Crippen LogP contribution in [0.4, 0.5) is 10.8 Å². The van der Waals surface area contributed by atoms with Gasteiger partial charge in [0.15, 0.2) is 4.34 Å². The van der Waals surface area contributed by atoms with Crippen molar-refractivity contribution in [3.05, 3.63) is 48.2 Å². The molecule has 0 radical (unpaired) electrons. The highest BCUT2D eigenvalue weighted by atomic mass is 32.2. The molecule has 0 amide bonds. The summed E-state index contributed by atoms with van der Waals surface area (Å²) in [6, 6.07) is 13.2. The van der Waals surface area contributed by atoms with Crippen molar-refractivity contribution in [3.63, 3.8) is 0 Å². The van der Waals surface area contributed by atoms with Crippen molar-refractivity contribution in [2.45, 2.75) is 9.37 Å². The lowest BCUT2D eigenvalue weighted by atomic mass is 10.3. The lowest BCUT2D eigenvalue weighted by Gasteiger charge is -2.07. The Balaban J connectivity index is 1.77. The number of hydrogen-bond donors (Lipinski definition) is 1. The molecule has 0 atom stereocenters. The fourth-order valence-electron chi connectivity index (χ4n) is 1.80. The van der Waals surface area contributed by atoms with E-state index in [1.54, 1.807) is 25.4 Å². The van der Waals surface area contributed by atoms with Crippen molar-refractivity contribution < 1.29 is 4.74 Å². The van der Waals surface area contributed by atoms with E-state index in [2.05, 4.69) is 26.6 Å². The number of nitriles is 1. The van der Waals surface area contributed by atoms with Gasteiger partial charge in [-0.15, -0.1) is 10.2 Å². The summed E-state index contributed by atoms with van der Waals surface area (Å²) in [5, 5.41) is 21.8. The molecule has 0 bridgehead atoms. The van der Waals surface area contributed by atoms with Gasteiger partial charge in [0.2, 0.25) is 5.13 Å². The number of ether oxygens (including phenoxy) is 1. The molecule has 0 unspecified atom stereocenters. The van der Waals surface area contributed by atoms with E-state index in [4.69, 9.17) is 10.00 Å². The van der Waals surface area contributed by atoms with E-state index in [0.29, 0.717) is 20.1 Å². The van der Waals surface area contributed by atoms with Gasteiger partial charge >= 0.3 is 0 Å². The summed E-state index contributed by atoms with van der Waals surface area (Å²) in [7, 11) is 1.62. The second-order valence-corrected chi connectivity index (χ2v) is 6.48. The van der Waals surface area contributed by atoms with Gasteiger partial charge in [-0.2, -0.15) is 5.26 Å². The maximum Gasteiger partial charge on any atom is 0.211 e. The number of nitrogens with zero attached hydrogens (tertiary/aromatic N) is 4. The van der Waals surface area contributed by atoms with Crippen LogP contribution in [0.2, 0.25) is 0 Å². The van der Waals surface area contributed by atoms with Crippen molar-refractivity contribution in [1.29, 1.82) is 5.26 Å². The maximum atomic E-state index is 9.09. The first kappa shape index (κ1) is 15.3. The highest BCUT2D eigenvalue weighted by molar-refractivity contribution is 8.01. The zero-order valence-electron chi connectivity index (χ0n) is 12.1. The summed E-state index contributed by atoms with van der Waals surface area (Å²) in [5.41, 5.74) is 1.34. The number of benzene rings is 1. The monoisotopic (exact) mass is 341 g/mol. The molecule has 0 aliphatic heterocycles. The summed E-state index contributed by atoms with van der Waals surface area (Å²) >= 11 is 2.71. The molecule has 1 aromatic carbocycles. The Morgan fingerprint density at radius 1 is 1.22 bits per heavy atom.